The number of hydrogen-bond donors (Lipinski definition) is 1. The number of hydrogen-bond acceptors (Lipinski definition) is 2. The van der Waals surface area contributed by atoms with Gasteiger partial charge in [-0.15, -0.1) is 0 Å². The number of aryl methyl sites for hydroxylation is 1. The molecule has 0 saturated carbocycles. The van der Waals surface area contributed by atoms with Crippen LogP contribution in [0.2, 0.25) is 5.02 Å². The Morgan fingerprint density at radius 3 is 2.76 bits per heavy atom. The van der Waals surface area contributed by atoms with Gasteiger partial charge < -0.3 is 5.73 Å². The normalized spacial score (nSPS) is 10.8. The number of halogens is 1. The third-order valence-corrected chi connectivity index (χ3v) is 3.75. The summed E-state index contributed by atoms with van der Waals surface area (Å²) in [4.78, 5) is 0. The van der Waals surface area contributed by atoms with Gasteiger partial charge in [0, 0.05) is 22.5 Å². The van der Waals surface area contributed by atoms with Crippen molar-refractivity contribution in [3.63, 3.8) is 0 Å². The smallest absolute Gasteiger partial charge is 0.0674 e. The Morgan fingerprint density at radius 1 is 1.14 bits per heavy atom. The molecule has 0 fully saturated rings. The predicted molar refractivity (Wildman–Crippen MR) is 87.4 cm³/mol. The molecule has 3 aromatic rings. The van der Waals surface area contributed by atoms with E-state index in [0.717, 1.165) is 33.0 Å². The van der Waals surface area contributed by atoms with E-state index in [9.17, 15) is 0 Å². The van der Waals surface area contributed by atoms with Gasteiger partial charge in [-0.2, -0.15) is 5.10 Å². The van der Waals surface area contributed by atoms with E-state index in [1.165, 1.54) is 0 Å². The van der Waals surface area contributed by atoms with Crippen molar-refractivity contribution >= 4 is 17.3 Å². The lowest BCUT2D eigenvalue weighted by Crippen LogP contribution is -2.00. The van der Waals surface area contributed by atoms with Crippen molar-refractivity contribution in [2.75, 3.05) is 5.73 Å². The molecular weight excluding hydrogens is 282 g/mol. The average Bonchev–Trinajstić information content (AvgIpc) is 2.91. The maximum atomic E-state index is 6.27. The van der Waals surface area contributed by atoms with E-state index < -0.39 is 0 Å². The number of anilines is 1. The molecule has 3 rings (SSSR count). The van der Waals surface area contributed by atoms with Gasteiger partial charge in [0.05, 0.1) is 12.7 Å². The van der Waals surface area contributed by atoms with Crippen molar-refractivity contribution in [3.05, 3.63) is 71.0 Å². The molecule has 4 heteroatoms. The van der Waals surface area contributed by atoms with Crippen molar-refractivity contribution in [1.82, 2.24) is 9.78 Å². The second-order valence-corrected chi connectivity index (χ2v) is 5.55. The van der Waals surface area contributed by atoms with Gasteiger partial charge in [0.2, 0.25) is 0 Å². The molecule has 0 radical (unpaired) electrons. The summed E-state index contributed by atoms with van der Waals surface area (Å²) in [5.41, 5.74) is 10.9. The Morgan fingerprint density at radius 2 is 2.00 bits per heavy atom. The Balaban J connectivity index is 1.85. The Labute approximate surface area is 129 Å². The average molecular weight is 298 g/mol. The zero-order valence-corrected chi connectivity index (χ0v) is 12.5. The van der Waals surface area contributed by atoms with Crippen LogP contribution in [0.5, 0.6) is 0 Å². The molecule has 0 amide bonds. The summed E-state index contributed by atoms with van der Waals surface area (Å²) in [5, 5.41) is 5.17. The number of nitrogens with two attached hydrogens (primary N) is 1. The van der Waals surface area contributed by atoms with Crippen LogP contribution in [-0.2, 0) is 6.54 Å². The topological polar surface area (TPSA) is 43.8 Å². The Hall–Kier alpha value is -2.26. The summed E-state index contributed by atoms with van der Waals surface area (Å²) in [5.74, 6) is 0. The van der Waals surface area contributed by atoms with Gasteiger partial charge >= 0.3 is 0 Å². The largest absolute Gasteiger partial charge is 0.399 e. The van der Waals surface area contributed by atoms with Gasteiger partial charge in [-0.1, -0.05) is 35.9 Å². The predicted octanol–water partition coefficient (Wildman–Crippen LogP) is 4.14. The van der Waals surface area contributed by atoms with Crippen LogP contribution in [0.15, 0.2) is 54.9 Å². The standard InChI is InChI=1S/C17H16ClN3/c1-12-5-6-14(17(18)7-12)10-21-11-15(9-20-21)13-3-2-4-16(19)8-13/h2-9,11H,10,19H2,1H3. The summed E-state index contributed by atoms with van der Waals surface area (Å²) in [7, 11) is 0. The molecular formula is C17H16ClN3. The van der Waals surface area contributed by atoms with Crippen molar-refractivity contribution in [2.24, 2.45) is 0 Å². The molecule has 0 bridgehead atoms. The number of rotatable bonds is 3. The van der Waals surface area contributed by atoms with E-state index in [1.54, 1.807) is 0 Å². The first-order valence-corrected chi connectivity index (χ1v) is 7.13. The van der Waals surface area contributed by atoms with E-state index in [2.05, 4.69) is 11.2 Å². The van der Waals surface area contributed by atoms with Gasteiger partial charge in [-0.3, -0.25) is 4.68 Å². The third-order valence-electron chi connectivity index (χ3n) is 3.39. The Bertz CT molecular complexity index is 777. The van der Waals surface area contributed by atoms with Crippen molar-refractivity contribution in [3.8, 4) is 11.1 Å². The molecule has 0 aliphatic rings. The highest BCUT2D eigenvalue weighted by molar-refractivity contribution is 6.31. The first-order valence-electron chi connectivity index (χ1n) is 6.75. The molecule has 0 atom stereocenters. The number of nitrogens with zero attached hydrogens (tertiary/aromatic N) is 2. The van der Waals surface area contributed by atoms with Gasteiger partial charge in [0.15, 0.2) is 0 Å². The number of nitrogen functional groups attached to an aromatic ring is 1. The molecule has 21 heavy (non-hydrogen) atoms. The van der Waals surface area contributed by atoms with E-state index in [1.807, 2.05) is 60.4 Å². The first-order chi connectivity index (χ1) is 10.1. The first kappa shape index (κ1) is 13.7. The maximum absolute atomic E-state index is 6.27. The molecule has 1 heterocycles. The second kappa shape index (κ2) is 5.62. The van der Waals surface area contributed by atoms with Gasteiger partial charge in [0.1, 0.15) is 0 Å². The molecule has 2 aromatic carbocycles. The molecule has 106 valence electrons. The SMILES string of the molecule is Cc1ccc(Cn2cc(-c3cccc(N)c3)cn2)c(Cl)c1. The molecule has 0 aliphatic heterocycles. The third kappa shape index (κ3) is 3.09. The number of aromatic nitrogens is 2. The minimum atomic E-state index is 0.654. The van der Waals surface area contributed by atoms with Gasteiger partial charge in [-0.05, 0) is 41.8 Å². The molecule has 3 nitrogen and oxygen atoms in total. The van der Waals surface area contributed by atoms with Crippen LogP contribution in [0.3, 0.4) is 0 Å². The maximum Gasteiger partial charge on any atom is 0.0674 e. The van der Waals surface area contributed by atoms with Crippen LogP contribution >= 0.6 is 11.6 Å². The van der Waals surface area contributed by atoms with Gasteiger partial charge in [-0.25, -0.2) is 0 Å². The van der Waals surface area contributed by atoms with Crippen LogP contribution in [-0.4, -0.2) is 9.78 Å². The summed E-state index contributed by atoms with van der Waals surface area (Å²) in [6, 6.07) is 13.9. The highest BCUT2D eigenvalue weighted by Gasteiger charge is 2.05. The lowest BCUT2D eigenvalue weighted by atomic mass is 10.1. The fourth-order valence-electron chi connectivity index (χ4n) is 2.27. The van der Waals surface area contributed by atoms with Crippen molar-refractivity contribution in [1.29, 1.82) is 0 Å². The van der Waals surface area contributed by atoms with E-state index in [-0.39, 0.29) is 0 Å². The summed E-state index contributed by atoms with van der Waals surface area (Å²) in [6.07, 6.45) is 3.85. The highest BCUT2D eigenvalue weighted by atomic mass is 35.5. The lowest BCUT2D eigenvalue weighted by Gasteiger charge is -2.05. The molecule has 2 N–H and O–H groups in total. The van der Waals surface area contributed by atoms with Gasteiger partial charge in [0.25, 0.3) is 0 Å². The van der Waals surface area contributed by atoms with E-state index >= 15 is 0 Å². The van der Waals surface area contributed by atoms with E-state index in [4.69, 9.17) is 17.3 Å². The Kier molecular flexibility index (Phi) is 3.67. The van der Waals surface area contributed by atoms with Crippen LogP contribution in [0.4, 0.5) is 5.69 Å². The molecule has 1 aromatic heterocycles. The zero-order valence-electron chi connectivity index (χ0n) is 11.8. The minimum absolute atomic E-state index is 0.654. The van der Waals surface area contributed by atoms with Crippen LogP contribution in [0, 0.1) is 6.92 Å². The second-order valence-electron chi connectivity index (χ2n) is 5.15. The van der Waals surface area contributed by atoms with Crippen molar-refractivity contribution in [2.45, 2.75) is 13.5 Å². The summed E-state index contributed by atoms with van der Waals surface area (Å²) >= 11 is 6.27. The monoisotopic (exact) mass is 297 g/mol. The fourth-order valence-corrected chi connectivity index (χ4v) is 2.57. The number of benzene rings is 2. The van der Waals surface area contributed by atoms with Crippen molar-refractivity contribution < 1.29 is 0 Å². The van der Waals surface area contributed by atoms with Crippen LogP contribution in [0.25, 0.3) is 11.1 Å². The molecule has 0 saturated heterocycles. The van der Waals surface area contributed by atoms with Crippen LogP contribution in [0.1, 0.15) is 11.1 Å². The minimum Gasteiger partial charge on any atom is -0.399 e. The van der Waals surface area contributed by atoms with E-state index in [0.29, 0.717) is 6.54 Å². The summed E-state index contributed by atoms with van der Waals surface area (Å²) in [6.45, 7) is 2.68. The summed E-state index contributed by atoms with van der Waals surface area (Å²) < 4.78 is 1.88. The lowest BCUT2D eigenvalue weighted by molar-refractivity contribution is 0.687. The van der Waals surface area contributed by atoms with Crippen LogP contribution < -0.4 is 5.73 Å². The zero-order chi connectivity index (χ0) is 14.8. The molecule has 0 unspecified atom stereocenters. The fraction of sp³-hybridized carbons (Fsp3) is 0.118. The quantitative estimate of drug-likeness (QED) is 0.738. The molecule has 0 spiro atoms. The highest BCUT2D eigenvalue weighted by Crippen LogP contribution is 2.22. The molecule has 0 aliphatic carbocycles.